The molecule has 4 aliphatic carbocycles. The maximum absolute atomic E-state index is 13.1. The van der Waals surface area contributed by atoms with Gasteiger partial charge < -0.3 is 9.64 Å². The molecule has 1 heterocycles. The first-order valence-corrected chi connectivity index (χ1v) is 8.06. The number of hydrogen-bond acceptors (Lipinski definition) is 2. The molecule has 1 saturated heterocycles. The number of amides is 1. The van der Waals surface area contributed by atoms with E-state index in [1.54, 1.807) is 0 Å². The Morgan fingerprint density at radius 2 is 1.68 bits per heavy atom. The summed E-state index contributed by atoms with van der Waals surface area (Å²) >= 11 is 0. The number of hydrogen-bond donors (Lipinski definition) is 0. The van der Waals surface area contributed by atoms with Crippen molar-refractivity contribution in [3.63, 3.8) is 0 Å². The van der Waals surface area contributed by atoms with Crippen molar-refractivity contribution < 1.29 is 9.53 Å². The zero-order valence-electron chi connectivity index (χ0n) is 11.9. The van der Waals surface area contributed by atoms with Gasteiger partial charge in [0.25, 0.3) is 0 Å². The summed E-state index contributed by atoms with van der Waals surface area (Å²) in [5.41, 5.74) is 0.0335. The van der Waals surface area contributed by atoms with Crippen molar-refractivity contribution in [2.45, 2.75) is 51.6 Å². The number of morpholine rings is 1. The van der Waals surface area contributed by atoms with E-state index >= 15 is 0 Å². The number of carbonyl (C=O) groups is 1. The Hall–Kier alpha value is -0.570. The highest BCUT2D eigenvalue weighted by Crippen LogP contribution is 2.60. The van der Waals surface area contributed by atoms with Gasteiger partial charge >= 0.3 is 0 Å². The van der Waals surface area contributed by atoms with E-state index in [9.17, 15) is 4.79 Å². The molecule has 4 bridgehead atoms. The third-order valence-corrected chi connectivity index (χ3v) is 6.02. The highest BCUT2D eigenvalue weighted by molar-refractivity contribution is 5.83. The smallest absolute Gasteiger partial charge is 0.228 e. The van der Waals surface area contributed by atoms with Gasteiger partial charge in [-0.1, -0.05) is 0 Å². The summed E-state index contributed by atoms with van der Waals surface area (Å²) in [6.45, 7) is 4.42. The van der Waals surface area contributed by atoms with Crippen LogP contribution in [-0.2, 0) is 9.53 Å². The predicted octanol–water partition coefficient (Wildman–Crippen LogP) is 2.45. The van der Waals surface area contributed by atoms with Crippen LogP contribution in [0.25, 0.3) is 0 Å². The molecule has 1 unspecified atom stereocenters. The molecule has 0 aromatic carbocycles. The molecular formula is C16H25NO2. The van der Waals surface area contributed by atoms with Crippen LogP contribution >= 0.6 is 0 Å². The lowest BCUT2D eigenvalue weighted by atomic mass is 9.49. The van der Waals surface area contributed by atoms with Crippen molar-refractivity contribution in [3.8, 4) is 0 Å². The summed E-state index contributed by atoms with van der Waals surface area (Å²) in [6, 6.07) is 0. The third kappa shape index (κ3) is 1.93. The van der Waals surface area contributed by atoms with E-state index in [2.05, 4.69) is 11.8 Å². The molecular weight excluding hydrogens is 238 g/mol. The first-order valence-electron chi connectivity index (χ1n) is 8.06. The van der Waals surface area contributed by atoms with E-state index in [-0.39, 0.29) is 11.5 Å². The molecule has 19 heavy (non-hydrogen) atoms. The molecule has 5 aliphatic rings. The number of rotatable bonds is 1. The van der Waals surface area contributed by atoms with Crippen LogP contribution in [0.5, 0.6) is 0 Å². The topological polar surface area (TPSA) is 29.5 Å². The van der Waals surface area contributed by atoms with Crippen molar-refractivity contribution in [1.82, 2.24) is 4.90 Å². The van der Waals surface area contributed by atoms with Gasteiger partial charge in [-0.3, -0.25) is 4.79 Å². The lowest BCUT2D eigenvalue weighted by Crippen LogP contribution is -2.57. The van der Waals surface area contributed by atoms with Gasteiger partial charge in [-0.15, -0.1) is 0 Å². The van der Waals surface area contributed by atoms with Gasteiger partial charge in [0, 0.05) is 13.1 Å². The summed E-state index contributed by atoms with van der Waals surface area (Å²) in [7, 11) is 0. The largest absolute Gasteiger partial charge is 0.375 e. The third-order valence-electron chi connectivity index (χ3n) is 6.02. The van der Waals surface area contributed by atoms with E-state index in [0.717, 1.165) is 37.5 Å². The van der Waals surface area contributed by atoms with Crippen molar-refractivity contribution in [2.75, 3.05) is 19.7 Å². The standard InChI is InChI=1S/C16H25NO2/c1-11-10-17(2-3-19-11)15(18)16-7-12-4-13(8-16)6-14(5-12)9-16/h11-14H,2-10H2,1H3. The molecule has 1 aliphatic heterocycles. The fourth-order valence-electron chi connectivity index (χ4n) is 5.71. The van der Waals surface area contributed by atoms with Gasteiger partial charge in [0.05, 0.1) is 18.1 Å². The van der Waals surface area contributed by atoms with Crippen LogP contribution in [0, 0.1) is 23.2 Å². The number of ether oxygens (including phenoxy) is 1. The van der Waals surface area contributed by atoms with Gasteiger partial charge in [-0.05, 0) is 63.2 Å². The second-order valence-corrected chi connectivity index (χ2v) is 7.63. The molecule has 1 amide bonds. The van der Waals surface area contributed by atoms with Gasteiger partial charge in [-0.25, -0.2) is 0 Å². The summed E-state index contributed by atoms with van der Waals surface area (Å²) in [4.78, 5) is 15.2. The Kier molecular flexibility index (Phi) is 2.70. The highest BCUT2D eigenvalue weighted by atomic mass is 16.5. The van der Waals surface area contributed by atoms with Gasteiger partial charge in [0.1, 0.15) is 0 Å². The normalized spacial score (nSPS) is 48.6. The van der Waals surface area contributed by atoms with Crippen LogP contribution in [0.2, 0.25) is 0 Å². The fourth-order valence-corrected chi connectivity index (χ4v) is 5.71. The summed E-state index contributed by atoms with van der Waals surface area (Å²) in [6.07, 6.45) is 7.99. The first kappa shape index (κ1) is 12.2. The van der Waals surface area contributed by atoms with E-state index in [1.165, 1.54) is 38.5 Å². The molecule has 3 nitrogen and oxygen atoms in total. The summed E-state index contributed by atoms with van der Waals surface area (Å²) < 4.78 is 5.58. The van der Waals surface area contributed by atoms with Gasteiger partial charge in [-0.2, -0.15) is 0 Å². The Morgan fingerprint density at radius 1 is 1.11 bits per heavy atom. The minimum atomic E-state index is 0.0335. The van der Waals surface area contributed by atoms with Crippen LogP contribution in [0.3, 0.4) is 0 Å². The van der Waals surface area contributed by atoms with Crippen molar-refractivity contribution >= 4 is 5.91 Å². The minimum absolute atomic E-state index is 0.0335. The molecule has 0 spiro atoms. The van der Waals surface area contributed by atoms with Crippen LogP contribution < -0.4 is 0 Å². The Morgan fingerprint density at radius 3 is 2.21 bits per heavy atom. The average Bonchev–Trinajstić information content (AvgIpc) is 2.36. The summed E-state index contributed by atoms with van der Waals surface area (Å²) in [5.74, 6) is 3.04. The maximum atomic E-state index is 13.1. The second kappa shape index (κ2) is 4.21. The average molecular weight is 263 g/mol. The predicted molar refractivity (Wildman–Crippen MR) is 72.6 cm³/mol. The Labute approximate surface area is 115 Å². The van der Waals surface area contributed by atoms with Gasteiger partial charge in [0.15, 0.2) is 0 Å². The van der Waals surface area contributed by atoms with E-state index in [0.29, 0.717) is 5.91 Å². The van der Waals surface area contributed by atoms with Crippen molar-refractivity contribution in [1.29, 1.82) is 0 Å². The van der Waals surface area contributed by atoms with Crippen LogP contribution in [-0.4, -0.2) is 36.6 Å². The molecule has 106 valence electrons. The molecule has 0 aromatic heterocycles. The SMILES string of the molecule is CC1CN(C(=O)C23CC4CC(CC(C4)C2)C3)CCO1. The Balaban J connectivity index is 1.56. The zero-order valence-corrected chi connectivity index (χ0v) is 11.9. The van der Waals surface area contributed by atoms with E-state index in [4.69, 9.17) is 4.74 Å². The quantitative estimate of drug-likeness (QED) is 0.727. The van der Waals surface area contributed by atoms with Crippen LogP contribution in [0.4, 0.5) is 0 Å². The fraction of sp³-hybridized carbons (Fsp3) is 0.938. The molecule has 3 heteroatoms. The van der Waals surface area contributed by atoms with Crippen LogP contribution in [0.15, 0.2) is 0 Å². The molecule has 1 atom stereocenters. The molecule has 4 saturated carbocycles. The van der Waals surface area contributed by atoms with E-state index < -0.39 is 0 Å². The lowest BCUT2D eigenvalue weighted by molar-refractivity contribution is -0.164. The van der Waals surface area contributed by atoms with Crippen molar-refractivity contribution in [3.05, 3.63) is 0 Å². The van der Waals surface area contributed by atoms with Crippen LogP contribution in [0.1, 0.15) is 45.4 Å². The highest BCUT2D eigenvalue weighted by Gasteiger charge is 2.55. The Bertz CT molecular complexity index is 357. The minimum Gasteiger partial charge on any atom is -0.375 e. The molecule has 0 N–H and O–H groups in total. The lowest BCUT2D eigenvalue weighted by Gasteiger charge is -2.57. The van der Waals surface area contributed by atoms with Crippen molar-refractivity contribution in [2.24, 2.45) is 23.2 Å². The molecule has 5 rings (SSSR count). The number of carbonyl (C=O) groups excluding carboxylic acids is 1. The molecule has 5 fully saturated rings. The van der Waals surface area contributed by atoms with E-state index in [1.807, 2.05) is 0 Å². The second-order valence-electron chi connectivity index (χ2n) is 7.63. The zero-order chi connectivity index (χ0) is 13.0. The molecule has 0 radical (unpaired) electrons. The van der Waals surface area contributed by atoms with Gasteiger partial charge in [0.2, 0.25) is 5.91 Å². The molecule has 0 aromatic rings. The first-order chi connectivity index (χ1) is 9.14. The summed E-state index contributed by atoms with van der Waals surface area (Å²) in [5, 5.41) is 0. The number of nitrogens with zero attached hydrogens (tertiary/aromatic N) is 1. The monoisotopic (exact) mass is 263 g/mol. The maximum Gasteiger partial charge on any atom is 0.228 e.